The molecule has 1 unspecified atom stereocenters. The molecule has 0 radical (unpaired) electrons. The first-order chi connectivity index (χ1) is 16.7. The third kappa shape index (κ3) is 4.07. The summed E-state index contributed by atoms with van der Waals surface area (Å²) in [6.45, 7) is 6.98. The number of hydrogen-bond acceptors (Lipinski definition) is 5. The maximum Gasteiger partial charge on any atom is 0.266 e. The summed E-state index contributed by atoms with van der Waals surface area (Å²) in [6, 6.07) is 16.5. The summed E-state index contributed by atoms with van der Waals surface area (Å²) in [4.78, 5) is 4.93. The van der Waals surface area contributed by atoms with Gasteiger partial charge in [-0.3, -0.25) is 0 Å². The highest BCUT2D eigenvalue weighted by atomic mass is 32.2. The Bertz CT molecular complexity index is 1480. The molecule has 5 rings (SSSR count). The highest BCUT2D eigenvalue weighted by Crippen LogP contribution is 2.42. The van der Waals surface area contributed by atoms with E-state index in [9.17, 15) is 16.8 Å². The predicted molar refractivity (Wildman–Crippen MR) is 136 cm³/mol. The molecule has 2 aromatic carbocycles. The molecule has 9 heteroatoms. The van der Waals surface area contributed by atoms with Crippen LogP contribution in [0.5, 0.6) is 0 Å². The van der Waals surface area contributed by atoms with Gasteiger partial charge in [0.25, 0.3) is 10.0 Å². The van der Waals surface area contributed by atoms with Crippen molar-refractivity contribution in [1.29, 1.82) is 0 Å². The first-order valence-corrected chi connectivity index (χ1v) is 14.4. The van der Waals surface area contributed by atoms with Crippen molar-refractivity contribution in [3.63, 3.8) is 0 Å². The van der Waals surface area contributed by atoms with Crippen LogP contribution in [-0.4, -0.2) is 45.3 Å². The molecule has 35 heavy (non-hydrogen) atoms. The standard InChI is InChI=1S/C26H27N3O4S2/c1-19(2)25-18-24-23(20-10-12-22(13-11-20)34(30,31)28-16-6-7-17-28)14-15-27-26(24)29(25)35(32,33)21-8-4-3-5-9-21/h3-5,8-15,25H,1,6-7,16-18H2,2H3. The zero-order chi connectivity index (χ0) is 24.8. The summed E-state index contributed by atoms with van der Waals surface area (Å²) in [7, 11) is -7.36. The number of nitrogens with zero attached hydrogens (tertiary/aromatic N) is 3. The van der Waals surface area contributed by atoms with Gasteiger partial charge in [-0.05, 0) is 61.2 Å². The van der Waals surface area contributed by atoms with E-state index in [0.29, 0.717) is 25.3 Å². The molecule has 1 atom stereocenters. The second-order valence-electron chi connectivity index (χ2n) is 8.98. The Balaban J connectivity index is 1.56. The van der Waals surface area contributed by atoms with E-state index in [-0.39, 0.29) is 9.79 Å². The third-order valence-corrected chi connectivity index (χ3v) is 10.4. The Kier molecular flexibility index (Phi) is 6.03. The van der Waals surface area contributed by atoms with Crippen molar-refractivity contribution >= 4 is 25.9 Å². The lowest BCUT2D eigenvalue weighted by atomic mass is 9.97. The van der Waals surface area contributed by atoms with Crippen molar-refractivity contribution in [2.45, 2.75) is 42.0 Å². The fourth-order valence-corrected chi connectivity index (χ4v) is 8.03. The molecule has 3 aromatic rings. The van der Waals surface area contributed by atoms with Gasteiger partial charge in [0.1, 0.15) is 5.82 Å². The Morgan fingerprint density at radius 1 is 0.886 bits per heavy atom. The van der Waals surface area contributed by atoms with Crippen molar-refractivity contribution in [2.75, 3.05) is 17.4 Å². The zero-order valence-electron chi connectivity index (χ0n) is 19.5. The maximum atomic E-state index is 13.6. The van der Waals surface area contributed by atoms with Crippen LogP contribution in [0.4, 0.5) is 5.82 Å². The van der Waals surface area contributed by atoms with Crippen LogP contribution in [-0.2, 0) is 26.5 Å². The molecule has 1 saturated heterocycles. The first-order valence-electron chi connectivity index (χ1n) is 11.5. The maximum absolute atomic E-state index is 13.6. The molecule has 2 aliphatic heterocycles. The molecule has 2 aliphatic rings. The number of hydrogen-bond donors (Lipinski definition) is 0. The minimum absolute atomic E-state index is 0.197. The summed E-state index contributed by atoms with van der Waals surface area (Å²) >= 11 is 0. The van der Waals surface area contributed by atoms with E-state index in [1.165, 1.54) is 8.61 Å². The van der Waals surface area contributed by atoms with Crippen molar-refractivity contribution < 1.29 is 16.8 Å². The Morgan fingerprint density at radius 2 is 1.51 bits per heavy atom. The number of rotatable bonds is 6. The van der Waals surface area contributed by atoms with Crippen LogP contribution in [0.25, 0.3) is 11.1 Å². The van der Waals surface area contributed by atoms with Gasteiger partial charge < -0.3 is 0 Å². The quantitative estimate of drug-likeness (QED) is 0.464. The summed E-state index contributed by atoms with van der Waals surface area (Å²) < 4.78 is 55.9. The minimum atomic E-state index is -3.86. The SMILES string of the molecule is C=C(C)C1Cc2c(-c3ccc(S(=O)(=O)N4CCCC4)cc3)ccnc2N1S(=O)(=O)c1ccccc1. The average Bonchev–Trinajstić information content (AvgIpc) is 3.54. The molecule has 0 spiro atoms. The fraction of sp³-hybridized carbons (Fsp3) is 0.269. The Morgan fingerprint density at radius 3 is 2.14 bits per heavy atom. The number of fused-ring (bicyclic) bond motifs is 1. The Labute approximate surface area is 206 Å². The van der Waals surface area contributed by atoms with Crippen LogP contribution in [0, 0.1) is 0 Å². The molecule has 0 aliphatic carbocycles. The van der Waals surface area contributed by atoms with Gasteiger partial charge in [-0.15, -0.1) is 0 Å². The second kappa shape index (κ2) is 8.89. The highest BCUT2D eigenvalue weighted by molar-refractivity contribution is 7.93. The molecule has 0 N–H and O–H groups in total. The molecular weight excluding hydrogens is 482 g/mol. The molecule has 1 aromatic heterocycles. The second-order valence-corrected chi connectivity index (χ2v) is 12.7. The van der Waals surface area contributed by atoms with Gasteiger partial charge in [-0.1, -0.05) is 42.5 Å². The fourth-order valence-electron chi connectivity index (χ4n) is 4.81. The first kappa shape index (κ1) is 23.7. The smallest absolute Gasteiger partial charge is 0.242 e. The van der Waals surface area contributed by atoms with Crippen molar-refractivity contribution in [3.05, 3.63) is 84.6 Å². The average molecular weight is 510 g/mol. The van der Waals surface area contributed by atoms with Crippen LogP contribution in [0.2, 0.25) is 0 Å². The van der Waals surface area contributed by atoms with Gasteiger partial charge in [-0.2, -0.15) is 4.31 Å². The molecule has 182 valence electrons. The van der Waals surface area contributed by atoms with Crippen LogP contribution in [0.3, 0.4) is 0 Å². The van der Waals surface area contributed by atoms with E-state index in [1.807, 2.05) is 13.0 Å². The van der Waals surface area contributed by atoms with E-state index in [4.69, 9.17) is 0 Å². The number of benzene rings is 2. The summed E-state index contributed by atoms with van der Waals surface area (Å²) in [5.41, 5.74) is 3.16. The summed E-state index contributed by atoms with van der Waals surface area (Å²) in [6.07, 6.45) is 3.80. The highest BCUT2D eigenvalue weighted by Gasteiger charge is 2.41. The molecular formula is C26H27N3O4S2. The van der Waals surface area contributed by atoms with Crippen LogP contribution >= 0.6 is 0 Å². The topological polar surface area (TPSA) is 87.7 Å². The summed E-state index contributed by atoms with van der Waals surface area (Å²) in [5, 5.41) is 0. The number of sulfonamides is 2. The lowest BCUT2D eigenvalue weighted by Gasteiger charge is -2.26. The monoisotopic (exact) mass is 509 g/mol. The molecule has 0 amide bonds. The third-order valence-electron chi connectivity index (χ3n) is 6.66. The van der Waals surface area contributed by atoms with E-state index in [0.717, 1.165) is 35.1 Å². The zero-order valence-corrected chi connectivity index (χ0v) is 21.1. The van der Waals surface area contributed by atoms with Crippen LogP contribution in [0.15, 0.2) is 88.8 Å². The van der Waals surface area contributed by atoms with Crippen molar-refractivity contribution in [1.82, 2.24) is 9.29 Å². The predicted octanol–water partition coefficient (Wildman–Crippen LogP) is 4.23. The van der Waals surface area contributed by atoms with Gasteiger partial charge >= 0.3 is 0 Å². The van der Waals surface area contributed by atoms with Crippen molar-refractivity contribution in [3.8, 4) is 11.1 Å². The molecule has 3 heterocycles. The van der Waals surface area contributed by atoms with Gasteiger partial charge in [0.15, 0.2) is 0 Å². The molecule has 0 bridgehead atoms. The number of pyridine rings is 1. The molecule has 7 nitrogen and oxygen atoms in total. The normalized spacial score (nSPS) is 18.5. The van der Waals surface area contributed by atoms with Gasteiger partial charge in [-0.25, -0.2) is 26.1 Å². The minimum Gasteiger partial charge on any atom is -0.242 e. The van der Waals surface area contributed by atoms with Gasteiger partial charge in [0, 0.05) is 31.3 Å². The largest absolute Gasteiger partial charge is 0.266 e. The molecule has 1 fully saturated rings. The summed E-state index contributed by atoms with van der Waals surface area (Å²) in [5.74, 6) is 0.383. The molecule has 0 saturated carbocycles. The number of anilines is 1. The lowest BCUT2D eigenvalue weighted by Crippen LogP contribution is -2.38. The van der Waals surface area contributed by atoms with Crippen molar-refractivity contribution in [2.24, 2.45) is 0 Å². The Hall–Kier alpha value is -3.01. The lowest BCUT2D eigenvalue weighted by molar-refractivity contribution is 0.477. The van der Waals surface area contributed by atoms with Crippen LogP contribution < -0.4 is 4.31 Å². The number of aromatic nitrogens is 1. The van der Waals surface area contributed by atoms with Gasteiger partial charge in [0.2, 0.25) is 10.0 Å². The van der Waals surface area contributed by atoms with E-state index < -0.39 is 26.1 Å². The van der Waals surface area contributed by atoms with Crippen LogP contribution in [0.1, 0.15) is 25.3 Å². The van der Waals surface area contributed by atoms with E-state index >= 15 is 0 Å². The van der Waals surface area contributed by atoms with Gasteiger partial charge in [0.05, 0.1) is 15.8 Å². The van der Waals surface area contributed by atoms with E-state index in [1.54, 1.807) is 60.8 Å². The van der Waals surface area contributed by atoms with E-state index in [2.05, 4.69) is 11.6 Å².